The maximum atomic E-state index is 11.6. The number of anilines is 1. The smallest absolute Gasteiger partial charge is 0.357 e. The van der Waals surface area contributed by atoms with E-state index in [0.29, 0.717) is 19.6 Å². The number of carbonyl (C=O) groups excluding carboxylic acids is 1. The molecule has 1 aromatic heterocycles. The van der Waals surface area contributed by atoms with Crippen LogP contribution in [0.15, 0.2) is 12.1 Å². The molecule has 0 bridgehead atoms. The van der Waals surface area contributed by atoms with Gasteiger partial charge < -0.3 is 14.8 Å². The fourth-order valence-electron chi connectivity index (χ4n) is 1.47. The number of nitrogens with one attached hydrogen (secondary N) is 1. The van der Waals surface area contributed by atoms with Gasteiger partial charge in [0.15, 0.2) is 5.69 Å². The Morgan fingerprint density at radius 1 is 1.50 bits per heavy atom. The molecule has 0 aromatic carbocycles. The van der Waals surface area contributed by atoms with Crippen LogP contribution in [0.1, 0.15) is 23.8 Å². The minimum Gasteiger partial charge on any atom is -0.461 e. The average molecular weight is 283 g/mol. The highest BCUT2D eigenvalue weighted by Crippen LogP contribution is 2.22. The van der Waals surface area contributed by atoms with Crippen molar-refractivity contribution in [1.29, 1.82) is 0 Å². The van der Waals surface area contributed by atoms with Gasteiger partial charge in [0.1, 0.15) is 0 Å². The van der Waals surface area contributed by atoms with Gasteiger partial charge in [0.25, 0.3) is 0 Å². The third-order valence-corrected chi connectivity index (χ3v) is 2.37. The number of hydrogen-bond acceptors (Lipinski definition) is 7. The Bertz CT molecular complexity index is 478. The van der Waals surface area contributed by atoms with Crippen LogP contribution in [0.3, 0.4) is 0 Å². The first-order valence-electron chi connectivity index (χ1n) is 6.15. The summed E-state index contributed by atoms with van der Waals surface area (Å²) in [6.45, 7) is 2.87. The number of hydrogen-bond donors (Lipinski definition) is 1. The molecule has 0 atom stereocenters. The molecule has 8 nitrogen and oxygen atoms in total. The summed E-state index contributed by atoms with van der Waals surface area (Å²) >= 11 is 0. The molecule has 20 heavy (non-hydrogen) atoms. The maximum Gasteiger partial charge on any atom is 0.357 e. The van der Waals surface area contributed by atoms with Crippen molar-refractivity contribution in [3.8, 4) is 0 Å². The summed E-state index contributed by atoms with van der Waals surface area (Å²) < 4.78 is 9.69. The minimum atomic E-state index is -0.609. The number of esters is 1. The predicted molar refractivity (Wildman–Crippen MR) is 71.8 cm³/mol. The molecule has 0 radical (unpaired) electrons. The van der Waals surface area contributed by atoms with E-state index in [1.807, 2.05) is 0 Å². The second kappa shape index (κ2) is 8.05. The molecule has 110 valence electrons. The van der Waals surface area contributed by atoms with Crippen LogP contribution < -0.4 is 5.32 Å². The summed E-state index contributed by atoms with van der Waals surface area (Å²) in [6, 6.07) is 2.51. The Morgan fingerprint density at radius 3 is 2.85 bits per heavy atom. The molecule has 0 unspecified atom stereocenters. The quantitative estimate of drug-likeness (QED) is 0.334. The lowest BCUT2D eigenvalue weighted by Crippen LogP contribution is -2.12. The summed E-state index contributed by atoms with van der Waals surface area (Å²) in [6.07, 6.45) is 0.666. The molecule has 0 aliphatic rings. The molecule has 8 heteroatoms. The molecule has 1 N–H and O–H groups in total. The number of nitro groups is 1. The summed E-state index contributed by atoms with van der Waals surface area (Å²) in [4.78, 5) is 25.8. The van der Waals surface area contributed by atoms with Gasteiger partial charge in [0.2, 0.25) is 5.82 Å². The van der Waals surface area contributed by atoms with Crippen molar-refractivity contribution >= 4 is 17.5 Å². The van der Waals surface area contributed by atoms with Crippen LogP contribution in [0.25, 0.3) is 0 Å². The lowest BCUT2D eigenvalue weighted by molar-refractivity contribution is -0.384. The molecular weight excluding hydrogens is 266 g/mol. The Hall–Kier alpha value is -2.22. The highest BCUT2D eigenvalue weighted by Gasteiger charge is 2.18. The molecule has 0 spiro atoms. The second-order valence-electron chi connectivity index (χ2n) is 3.81. The predicted octanol–water partition coefficient (Wildman–Crippen LogP) is 1.61. The molecule has 1 rings (SSSR count). The van der Waals surface area contributed by atoms with Gasteiger partial charge in [-0.25, -0.2) is 9.78 Å². The zero-order valence-electron chi connectivity index (χ0n) is 11.4. The zero-order chi connectivity index (χ0) is 15.0. The summed E-state index contributed by atoms with van der Waals surface area (Å²) in [7, 11) is 1.57. The summed E-state index contributed by atoms with van der Waals surface area (Å²) in [5.41, 5.74) is -0.151. The van der Waals surface area contributed by atoms with Crippen molar-refractivity contribution in [2.24, 2.45) is 0 Å². The van der Waals surface area contributed by atoms with Crippen molar-refractivity contribution in [3.05, 3.63) is 27.9 Å². The van der Waals surface area contributed by atoms with Crippen molar-refractivity contribution in [1.82, 2.24) is 4.98 Å². The molecule has 0 aliphatic heterocycles. The van der Waals surface area contributed by atoms with Crippen LogP contribution in [0, 0.1) is 10.1 Å². The Morgan fingerprint density at radius 2 is 2.25 bits per heavy atom. The monoisotopic (exact) mass is 283 g/mol. The van der Waals surface area contributed by atoms with E-state index < -0.39 is 10.9 Å². The summed E-state index contributed by atoms with van der Waals surface area (Å²) in [5.74, 6) is -0.556. The van der Waals surface area contributed by atoms with Gasteiger partial charge >= 0.3 is 11.7 Å². The van der Waals surface area contributed by atoms with Crippen molar-refractivity contribution < 1.29 is 19.2 Å². The highest BCUT2D eigenvalue weighted by atomic mass is 16.6. The van der Waals surface area contributed by atoms with Crippen LogP contribution in [0.4, 0.5) is 11.5 Å². The SMILES string of the molecule is CCOC(=O)c1ccc([N+](=O)[O-])c(NCCCOC)n1. The molecule has 1 aromatic rings. The van der Waals surface area contributed by atoms with Gasteiger partial charge in [-0.15, -0.1) is 0 Å². The first-order chi connectivity index (χ1) is 9.60. The second-order valence-corrected chi connectivity index (χ2v) is 3.81. The Kier molecular flexibility index (Phi) is 6.38. The number of carbonyl (C=O) groups is 1. The van der Waals surface area contributed by atoms with Gasteiger partial charge in [-0.05, 0) is 19.4 Å². The van der Waals surface area contributed by atoms with Crippen LogP contribution >= 0.6 is 0 Å². The molecular formula is C12H17N3O5. The van der Waals surface area contributed by atoms with E-state index in [1.165, 1.54) is 12.1 Å². The van der Waals surface area contributed by atoms with Gasteiger partial charge in [0.05, 0.1) is 11.5 Å². The van der Waals surface area contributed by atoms with Gasteiger partial charge in [-0.3, -0.25) is 10.1 Å². The normalized spacial score (nSPS) is 10.1. The molecule has 0 saturated carbocycles. The van der Waals surface area contributed by atoms with E-state index >= 15 is 0 Å². The maximum absolute atomic E-state index is 11.6. The van der Waals surface area contributed by atoms with Crippen molar-refractivity contribution in [2.75, 3.05) is 32.2 Å². The van der Waals surface area contributed by atoms with Crippen LogP contribution in [-0.2, 0) is 9.47 Å². The van der Waals surface area contributed by atoms with Crippen LogP contribution in [0.2, 0.25) is 0 Å². The van der Waals surface area contributed by atoms with E-state index in [2.05, 4.69) is 10.3 Å². The number of rotatable bonds is 8. The molecule has 0 saturated heterocycles. The van der Waals surface area contributed by atoms with E-state index in [9.17, 15) is 14.9 Å². The van der Waals surface area contributed by atoms with Gasteiger partial charge in [-0.2, -0.15) is 0 Å². The number of pyridine rings is 1. The van der Waals surface area contributed by atoms with Gasteiger partial charge in [0, 0.05) is 26.3 Å². The Balaban J connectivity index is 2.88. The largest absolute Gasteiger partial charge is 0.461 e. The van der Waals surface area contributed by atoms with Crippen LogP contribution in [0.5, 0.6) is 0 Å². The van der Waals surface area contributed by atoms with Gasteiger partial charge in [-0.1, -0.05) is 0 Å². The lowest BCUT2D eigenvalue weighted by Gasteiger charge is -2.07. The minimum absolute atomic E-state index is 0.0340. The number of methoxy groups -OCH3 is 1. The third-order valence-electron chi connectivity index (χ3n) is 2.37. The standard InChI is InChI=1S/C12H17N3O5/c1-3-20-12(16)9-5-6-10(15(17)18)11(14-9)13-7-4-8-19-2/h5-6H,3-4,7-8H2,1-2H3,(H,13,14). The highest BCUT2D eigenvalue weighted by molar-refractivity contribution is 5.88. The lowest BCUT2D eigenvalue weighted by atomic mass is 10.3. The van der Waals surface area contributed by atoms with E-state index in [4.69, 9.17) is 9.47 Å². The zero-order valence-corrected chi connectivity index (χ0v) is 11.4. The molecule has 0 aliphatic carbocycles. The van der Waals surface area contributed by atoms with E-state index in [1.54, 1.807) is 14.0 Å². The fraction of sp³-hybridized carbons (Fsp3) is 0.500. The van der Waals surface area contributed by atoms with Crippen LogP contribution in [-0.4, -0.2) is 42.7 Å². The summed E-state index contributed by atoms with van der Waals surface area (Å²) in [5, 5.41) is 13.7. The first-order valence-corrected chi connectivity index (χ1v) is 6.15. The van der Waals surface area contributed by atoms with E-state index in [-0.39, 0.29) is 23.8 Å². The van der Waals surface area contributed by atoms with E-state index in [0.717, 1.165) is 0 Å². The fourth-order valence-corrected chi connectivity index (χ4v) is 1.47. The van der Waals surface area contributed by atoms with Crippen molar-refractivity contribution in [2.45, 2.75) is 13.3 Å². The number of ether oxygens (including phenoxy) is 2. The number of nitrogens with zero attached hydrogens (tertiary/aromatic N) is 2. The first kappa shape index (κ1) is 15.8. The molecule has 0 fully saturated rings. The van der Waals surface area contributed by atoms with Crippen molar-refractivity contribution in [3.63, 3.8) is 0 Å². The molecule has 0 amide bonds. The topological polar surface area (TPSA) is 104 Å². The average Bonchev–Trinajstić information content (AvgIpc) is 2.43. The third kappa shape index (κ3) is 4.47. The number of aromatic nitrogens is 1. The Labute approximate surface area is 116 Å². The molecule has 1 heterocycles.